The van der Waals surface area contributed by atoms with Crippen molar-refractivity contribution in [1.82, 2.24) is 0 Å². The smallest absolute Gasteiger partial charge is 1.00 e. The largest absolute Gasteiger partial charge is 2.00 e. The summed E-state index contributed by atoms with van der Waals surface area (Å²) in [5.41, 5.74) is 0. The monoisotopic (exact) mass is 158 g/mol. The van der Waals surface area contributed by atoms with Crippen LogP contribution in [0.4, 0.5) is 0 Å². The summed E-state index contributed by atoms with van der Waals surface area (Å²) in [6.45, 7) is 0. The molecule has 0 aromatic rings. The maximum atomic E-state index is 0. The van der Waals surface area contributed by atoms with E-state index in [1.807, 2.05) is 0 Å². The van der Waals surface area contributed by atoms with E-state index in [1.165, 1.54) is 0 Å². The average Bonchev–Trinajstić information content (AvgIpc) is 0. The zero-order valence-corrected chi connectivity index (χ0v) is 4.94. The first-order valence-corrected chi connectivity index (χ1v) is 0. The maximum Gasteiger partial charge on any atom is 2.00 e. The predicted molar refractivity (Wildman–Crippen MR) is 5.75 cm³/mol. The molecule has 0 heterocycles. The molecule has 0 unspecified atom stereocenters. The van der Waals surface area contributed by atoms with Gasteiger partial charge in [0.2, 0.25) is 0 Å². The topological polar surface area (TPSA) is 0 Å². The Bertz CT molecular complexity index is 7.51. The molecule has 0 nitrogen and oxygen atoms in total. The SMILES string of the molecule is [F-].[F-].[F-].[F-].[Mg+2].[Ni+2]. The fourth-order valence-electron chi connectivity index (χ4n) is 0. The second kappa shape index (κ2) is 154. The Hall–Kier alpha value is 0.980. The van der Waals surface area contributed by atoms with Crippen LogP contribution in [-0.2, 0) is 16.5 Å². The molecule has 0 atom stereocenters. The first kappa shape index (κ1) is 260. The molecule has 0 aliphatic rings. The molecule has 6 heteroatoms. The van der Waals surface area contributed by atoms with Crippen molar-refractivity contribution in [3.8, 4) is 0 Å². The van der Waals surface area contributed by atoms with Gasteiger partial charge in [-0.3, -0.25) is 0 Å². The van der Waals surface area contributed by atoms with Crippen LogP contribution in [0.15, 0.2) is 0 Å². The molecular weight excluding hydrogens is 159 g/mol. The summed E-state index contributed by atoms with van der Waals surface area (Å²) in [5.74, 6) is 0. The van der Waals surface area contributed by atoms with Crippen LogP contribution in [0.25, 0.3) is 0 Å². The van der Waals surface area contributed by atoms with Gasteiger partial charge in [0.25, 0.3) is 0 Å². The first-order valence-electron chi connectivity index (χ1n) is 0. The zero-order chi connectivity index (χ0) is 0. The molecule has 0 saturated carbocycles. The minimum absolute atomic E-state index is 0. The van der Waals surface area contributed by atoms with Gasteiger partial charge in [-0.1, -0.05) is 0 Å². The van der Waals surface area contributed by atoms with Crippen molar-refractivity contribution >= 4 is 23.1 Å². The summed E-state index contributed by atoms with van der Waals surface area (Å²) in [6, 6.07) is 0. The van der Waals surface area contributed by atoms with E-state index in [2.05, 4.69) is 0 Å². The Morgan fingerprint density at radius 1 is 0.500 bits per heavy atom. The molecule has 0 aliphatic carbocycles. The Balaban J connectivity index is 0. The van der Waals surface area contributed by atoms with Crippen LogP contribution >= 0.6 is 0 Å². The number of hydrogen-bond acceptors (Lipinski definition) is 0. The second-order valence-electron chi connectivity index (χ2n) is 0. The molecule has 40 valence electrons. The van der Waals surface area contributed by atoms with Gasteiger partial charge in [0.1, 0.15) is 0 Å². The van der Waals surface area contributed by atoms with Crippen molar-refractivity contribution < 1.29 is 35.3 Å². The van der Waals surface area contributed by atoms with Crippen LogP contribution in [0.5, 0.6) is 0 Å². The normalized spacial score (nSPS) is 0. The molecule has 0 rings (SSSR count). The third-order valence-electron chi connectivity index (χ3n) is 0. The summed E-state index contributed by atoms with van der Waals surface area (Å²) in [7, 11) is 0. The minimum Gasteiger partial charge on any atom is -1.00 e. The van der Waals surface area contributed by atoms with Gasteiger partial charge in [-0.25, -0.2) is 0 Å². The zero-order valence-electron chi connectivity index (χ0n) is 2.54. The molecule has 0 aliphatic heterocycles. The van der Waals surface area contributed by atoms with Gasteiger partial charge in [0.15, 0.2) is 0 Å². The number of hydrogen-bond donors (Lipinski definition) is 0. The Labute approximate surface area is 58.6 Å². The average molecular weight is 159 g/mol. The number of rotatable bonds is 0. The van der Waals surface area contributed by atoms with Crippen LogP contribution in [0.2, 0.25) is 0 Å². The quantitative estimate of drug-likeness (QED) is 0.243. The van der Waals surface area contributed by atoms with Gasteiger partial charge < -0.3 is 18.8 Å². The Kier molecular flexibility index (Phi) is 6690. The van der Waals surface area contributed by atoms with Gasteiger partial charge in [-0.2, -0.15) is 0 Å². The van der Waals surface area contributed by atoms with E-state index < -0.39 is 0 Å². The third-order valence-corrected chi connectivity index (χ3v) is 0. The van der Waals surface area contributed by atoms with E-state index >= 15 is 0 Å². The van der Waals surface area contributed by atoms with Crippen LogP contribution in [0.3, 0.4) is 0 Å². The van der Waals surface area contributed by atoms with Crippen LogP contribution in [0.1, 0.15) is 0 Å². The molecule has 0 spiro atoms. The first-order chi connectivity index (χ1) is 0. The third kappa shape index (κ3) is 82.2. The van der Waals surface area contributed by atoms with Crippen LogP contribution < -0.4 is 18.8 Å². The van der Waals surface area contributed by atoms with Crippen molar-refractivity contribution in [2.45, 2.75) is 0 Å². The van der Waals surface area contributed by atoms with Gasteiger partial charge in [-0.15, -0.1) is 0 Å². The molecule has 0 amide bonds. The molecule has 0 fully saturated rings. The van der Waals surface area contributed by atoms with E-state index in [9.17, 15) is 0 Å². The molecule has 0 aromatic heterocycles. The summed E-state index contributed by atoms with van der Waals surface area (Å²) in [4.78, 5) is 0. The van der Waals surface area contributed by atoms with Crippen molar-refractivity contribution in [2.24, 2.45) is 0 Å². The molecule has 0 bridgehead atoms. The van der Waals surface area contributed by atoms with E-state index in [1.54, 1.807) is 0 Å². The fraction of sp³-hybridized carbons (Fsp3) is 0. The summed E-state index contributed by atoms with van der Waals surface area (Å²) in [5, 5.41) is 0. The van der Waals surface area contributed by atoms with E-state index in [0.29, 0.717) is 0 Å². The van der Waals surface area contributed by atoms with Gasteiger partial charge >= 0.3 is 39.5 Å². The molecular formula is F4MgNi. The van der Waals surface area contributed by atoms with Gasteiger partial charge in [0, 0.05) is 0 Å². The second-order valence-corrected chi connectivity index (χ2v) is 0. The van der Waals surface area contributed by atoms with Crippen molar-refractivity contribution in [3.05, 3.63) is 0 Å². The van der Waals surface area contributed by atoms with E-state index in [-0.39, 0.29) is 58.4 Å². The van der Waals surface area contributed by atoms with Crippen molar-refractivity contribution in [2.75, 3.05) is 0 Å². The Morgan fingerprint density at radius 2 is 0.500 bits per heavy atom. The molecule has 0 aromatic carbocycles. The Morgan fingerprint density at radius 3 is 0.500 bits per heavy atom. The van der Waals surface area contributed by atoms with Crippen molar-refractivity contribution in [1.29, 1.82) is 0 Å². The summed E-state index contributed by atoms with van der Waals surface area (Å²) in [6.07, 6.45) is 0. The predicted octanol–water partition coefficient (Wildman–Crippen LogP) is -12.4. The van der Waals surface area contributed by atoms with Crippen LogP contribution in [-0.4, -0.2) is 23.1 Å². The standard InChI is InChI=1S/4FH.Mg.Ni/h4*1H;;/q;;;;2*+2/p-4. The summed E-state index contributed by atoms with van der Waals surface area (Å²) < 4.78 is 0. The van der Waals surface area contributed by atoms with Crippen molar-refractivity contribution in [3.63, 3.8) is 0 Å². The molecule has 0 N–H and O–H groups in total. The molecule has 0 saturated heterocycles. The van der Waals surface area contributed by atoms with Gasteiger partial charge in [-0.05, 0) is 0 Å². The molecule has 6 heavy (non-hydrogen) atoms. The van der Waals surface area contributed by atoms with Gasteiger partial charge in [0.05, 0.1) is 0 Å². The van der Waals surface area contributed by atoms with E-state index in [0.717, 1.165) is 0 Å². The van der Waals surface area contributed by atoms with E-state index in [4.69, 9.17) is 0 Å². The van der Waals surface area contributed by atoms with Crippen LogP contribution in [0, 0.1) is 0 Å². The fourth-order valence-corrected chi connectivity index (χ4v) is 0. The maximum absolute atomic E-state index is 0. The molecule has 0 radical (unpaired) electrons. The minimum atomic E-state index is 0. The summed E-state index contributed by atoms with van der Waals surface area (Å²) >= 11 is 0. The number of halogens is 4.